The molecule has 2 amide bonds. The molecular formula is C30H34FN5O4. The quantitative estimate of drug-likeness (QED) is 0.411. The number of ether oxygens (including phenoxy) is 2. The molecule has 0 N–H and O–H groups in total. The molecule has 10 heteroatoms. The maximum Gasteiger partial charge on any atom is 0.262 e. The van der Waals surface area contributed by atoms with Gasteiger partial charge in [0.1, 0.15) is 18.1 Å². The first-order chi connectivity index (χ1) is 19.4. The minimum atomic E-state index is -0.502. The van der Waals surface area contributed by atoms with Gasteiger partial charge in [0, 0.05) is 57.0 Å². The molecule has 3 heterocycles. The second-order valence-corrected chi connectivity index (χ2v) is 9.94. The van der Waals surface area contributed by atoms with E-state index in [0.717, 1.165) is 30.1 Å². The Morgan fingerprint density at radius 1 is 1.10 bits per heavy atom. The lowest BCUT2D eigenvalue weighted by Gasteiger charge is -2.31. The predicted molar refractivity (Wildman–Crippen MR) is 149 cm³/mol. The van der Waals surface area contributed by atoms with Gasteiger partial charge < -0.3 is 18.9 Å². The molecule has 2 aliphatic rings. The van der Waals surface area contributed by atoms with Gasteiger partial charge in [-0.25, -0.2) is 9.40 Å². The van der Waals surface area contributed by atoms with Crippen molar-refractivity contribution >= 4 is 17.5 Å². The lowest BCUT2D eigenvalue weighted by atomic mass is 9.99. The zero-order valence-corrected chi connectivity index (χ0v) is 22.8. The van der Waals surface area contributed by atoms with E-state index in [0.29, 0.717) is 38.5 Å². The van der Waals surface area contributed by atoms with E-state index in [1.165, 1.54) is 28.1 Å². The Hall–Kier alpha value is -4.02. The molecule has 0 bridgehead atoms. The van der Waals surface area contributed by atoms with Crippen LogP contribution in [0.25, 0.3) is 0 Å². The molecule has 9 nitrogen and oxygen atoms in total. The second kappa shape index (κ2) is 12.4. The molecule has 0 radical (unpaired) electrons. The Kier molecular flexibility index (Phi) is 8.57. The minimum Gasteiger partial charge on any atom is -0.496 e. The predicted octanol–water partition coefficient (Wildman–Crippen LogP) is 3.33. The number of hydrogen-bond acceptors (Lipinski definition) is 6. The van der Waals surface area contributed by atoms with Gasteiger partial charge in [-0.3, -0.25) is 14.5 Å². The lowest BCUT2D eigenvalue weighted by molar-refractivity contribution is -0.133. The van der Waals surface area contributed by atoms with Crippen LogP contribution in [0.4, 0.5) is 4.39 Å². The van der Waals surface area contributed by atoms with Crippen molar-refractivity contribution in [3.8, 4) is 5.75 Å². The third kappa shape index (κ3) is 6.08. The fourth-order valence-corrected chi connectivity index (χ4v) is 5.22. The largest absolute Gasteiger partial charge is 0.496 e. The number of benzene rings is 2. The fraction of sp³-hybridized carbons (Fsp3) is 0.367. The van der Waals surface area contributed by atoms with Crippen molar-refractivity contribution in [1.82, 2.24) is 19.4 Å². The standard InChI is InChI=1S/C30H34FN5O4/c1-33-12-6-10-26(33)25-20-27(24-9-3-4-11-28(24)39-2)36(32-25)29(37)21-35(14-13-34-15-17-40-18-16-34)30(38)22-7-5-8-23(31)19-22/h3-12,19,27H,13-18,20-21H2,1-2H3/t27-/m1/s1. The molecule has 40 heavy (non-hydrogen) atoms. The van der Waals surface area contributed by atoms with Gasteiger partial charge in [0.15, 0.2) is 0 Å². The number of methoxy groups -OCH3 is 1. The van der Waals surface area contributed by atoms with Crippen LogP contribution in [0.1, 0.15) is 34.1 Å². The first-order valence-electron chi connectivity index (χ1n) is 13.4. The Morgan fingerprint density at radius 3 is 2.62 bits per heavy atom. The van der Waals surface area contributed by atoms with Crippen molar-refractivity contribution in [1.29, 1.82) is 0 Å². The number of nitrogens with zero attached hydrogens (tertiary/aromatic N) is 5. The average molecular weight is 548 g/mol. The molecule has 1 atom stereocenters. The summed E-state index contributed by atoms with van der Waals surface area (Å²) in [6.07, 6.45) is 2.43. The number of rotatable bonds is 9. The van der Waals surface area contributed by atoms with Gasteiger partial charge in [-0.1, -0.05) is 24.3 Å². The van der Waals surface area contributed by atoms with E-state index in [1.807, 2.05) is 54.2 Å². The van der Waals surface area contributed by atoms with E-state index in [2.05, 4.69) is 4.90 Å². The zero-order chi connectivity index (χ0) is 28.1. The normalized spacial score (nSPS) is 17.5. The summed E-state index contributed by atoms with van der Waals surface area (Å²) in [4.78, 5) is 31.2. The SMILES string of the molecule is COc1ccccc1[C@H]1CC(c2cccn2C)=NN1C(=O)CN(CCN1CCOCC1)C(=O)c1cccc(F)c1. The highest BCUT2D eigenvalue weighted by Crippen LogP contribution is 2.37. The van der Waals surface area contributed by atoms with Gasteiger partial charge >= 0.3 is 0 Å². The van der Waals surface area contributed by atoms with Gasteiger partial charge in [0.05, 0.1) is 37.8 Å². The topological polar surface area (TPSA) is 79.6 Å². The summed E-state index contributed by atoms with van der Waals surface area (Å²) in [5.41, 5.74) is 2.72. The number of carbonyl (C=O) groups excluding carboxylic acids is 2. The molecule has 1 saturated heterocycles. The van der Waals surface area contributed by atoms with Crippen LogP contribution in [-0.4, -0.2) is 89.9 Å². The maximum absolute atomic E-state index is 14.0. The smallest absolute Gasteiger partial charge is 0.262 e. The van der Waals surface area contributed by atoms with Gasteiger partial charge in [-0.15, -0.1) is 0 Å². The summed E-state index contributed by atoms with van der Waals surface area (Å²) < 4.78 is 27.0. The number of para-hydroxylation sites is 1. The molecule has 0 spiro atoms. The average Bonchev–Trinajstić information content (AvgIpc) is 3.61. The number of morpholine rings is 1. The molecule has 2 aromatic carbocycles. The van der Waals surface area contributed by atoms with Crippen LogP contribution in [0, 0.1) is 5.82 Å². The number of halogens is 1. The van der Waals surface area contributed by atoms with E-state index in [9.17, 15) is 14.0 Å². The third-order valence-corrected chi connectivity index (χ3v) is 7.38. The van der Waals surface area contributed by atoms with Crippen molar-refractivity contribution in [2.24, 2.45) is 12.1 Å². The van der Waals surface area contributed by atoms with Crippen molar-refractivity contribution in [2.45, 2.75) is 12.5 Å². The van der Waals surface area contributed by atoms with Gasteiger partial charge in [-0.2, -0.15) is 5.10 Å². The minimum absolute atomic E-state index is 0.199. The Labute approximate surface area is 233 Å². The summed E-state index contributed by atoms with van der Waals surface area (Å²) in [6, 6.07) is 16.6. The Morgan fingerprint density at radius 2 is 1.90 bits per heavy atom. The highest BCUT2D eigenvalue weighted by molar-refractivity contribution is 6.03. The van der Waals surface area contributed by atoms with Crippen molar-refractivity contribution in [3.05, 3.63) is 89.5 Å². The molecule has 1 aromatic heterocycles. The van der Waals surface area contributed by atoms with Crippen molar-refractivity contribution < 1.29 is 23.5 Å². The fourth-order valence-electron chi connectivity index (χ4n) is 5.22. The number of aryl methyl sites for hydroxylation is 1. The van der Waals surface area contributed by atoms with Crippen LogP contribution in [-0.2, 0) is 16.6 Å². The molecule has 1 fully saturated rings. The number of hydrogen-bond donors (Lipinski definition) is 0. The zero-order valence-electron chi connectivity index (χ0n) is 22.8. The second-order valence-electron chi connectivity index (χ2n) is 9.94. The van der Waals surface area contributed by atoms with Crippen molar-refractivity contribution in [3.63, 3.8) is 0 Å². The van der Waals surface area contributed by atoms with Crippen LogP contribution in [0.15, 0.2) is 72.0 Å². The van der Waals surface area contributed by atoms with Crippen LogP contribution < -0.4 is 4.74 Å². The summed E-state index contributed by atoms with van der Waals surface area (Å²) in [5, 5.41) is 6.25. The number of hydrazone groups is 1. The number of carbonyl (C=O) groups is 2. The van der Waals surface area contributed by atoms with Crippen LogP contribution >= 0.6 is 0 Å². The monoisotopic (exact) mass is 547 g/mol. The molecule has 210 valence electrons. The van der Waals surface area contributed by atoms with Gasteiger partial charge in [0.25, 0.3) is 11.8 Å². The van der Waals surface area contributed by atoms with Crippen molar-refractivity contribution in [2.75, 3.05) is 53.0 Å². The number of amides is 2. The molecule has 2 aliphatic heterocycles. The van der Waals surface area contributed by atoms with Gasteiger partial charge in [0.2, 0.25) is 0 Å². The Balaban J connectivity index is 1.43. The summed E-state index contributed by atoms with van der Waals surface area (Å²) >= 11 is 0. The van der Waals surface area contributed by atoms with Crippen LogP contribution in [0.3, 0.4) is 0 Å². The number of aromatic nitrogens is 1. The first-order valence-corrected chi connectivity index (χ1v) is 13.4. The molecule has 5 rings (SSSR count). The molecular weight excluding hydrogens is 513 g/mol. The molecule has 3 aromatic rings. The summed E-state index contributed by atoms with van der Waals surface area (Å²) in [6.45, 7) is 3.44. The first kappa shape index (κ1) is 27.5. The van der Waals surface area contributed by atoms with Gasteiger partial charge in [-0.05, 0) is 36.4 Å². The van der Waals surface area contributed by atoms with E-state index in [-0.39, 0.29) is 18.0 Å². The van der Waals surface area contributed by atoms with Crippen LogP contribution in [0.5, 0.6) is 5.75 Å². The van der Waals surface area contributed by atoms with E-state index in [1.54, 1.807) is 13.2 Å². The molecule has 0 unspecified atom stereocenters. The Bertz CT molecular complexity index is 1380. The maximum atomic E-state index is 14.0. The van der Waals surface area contributed by atoms with E-state index in [4.69, 9.17) is 14.6 Å². The van der Waals surface area contributed by atoms with E-state index < -0.39 is 17.8 Å². The summed E-state index contributed by atoms with van der Waals surface area (Å²) in [5.74, 6) is -0.570. The third-order valence-electron chi connectivity index (χ3n) is 7.38. The highest BCUT2D eigenvalue weighted by Gasteiger charge is 2.36. The van der Waals surface area contributed by atoms with Crippen LogP contribution in [0.2, 0.25) is 0 Å². The lowest BCUT2D eigenvalue weighted by Crippen LogP contribution is -2.46. The van der Waals surface area contributed by atoms with E-state index >= 15 is 0 Å². The summed E-state index contributed by atoms with van der Waals surface area (Å²) in [7, 11) is 3.54. The molecule has 0 saturated carbocycles. The highest BCUT2D eigenvalue weighted by atomic mass is 19.1. The molecule has 0 aliphatic carbocycles.